The predicted molar refractivity (Wildman–Crippen MR) is 96.8 cm³/mol. The molecule has 0 fully saturated rings. The lowest BCUT2D eigenvalue weighted by atomic mass is 9.96. The number of aryl methyl sites for hydroxylation is 3. The third-order valence-corrected chi connectivity index (χ3v) is 4.05. The van der Waals surface area contributed by atoms with Crippen molar-refractivity contribution < 1.29 is 0 Å². The summed E-state index contributed by atoms with van der Waals surface area (Å²) >= 11 is 0. The number of pyridine rings is 1. The maximum atomic E-state index is 5.78. The van der Waals surface area contributed by atoms with Crippen LogP contribution in [-0.2, 0) is 0 Å². The fourth-order valence-corrected chi connectivity index (χ4v) is 2.66. The van der Waals surface area contributed by atoms with E-state index in [1.165, 1.54) is 11.1 Å². The monoisotopic (exact) mass is 319 g/mol. The molecule has 2 aromatic heterocycles. The summed E-state index contributed by atoms with van der Waals surface area (Å²) in [6, 6.07) is 12.3. The lowest BCUT2D eigenvalue weighted by Crippen LogP contribution is -2.15. The van der Waals surface area contributed by atoms with E-state index in [0.29, 0.717) is 5.82 Å². The molecule has 122 valence electrons. The standard InChI is InChI=1S/C19H21N5/c1-12-6-7-15(9-13(12)2)18(16-5-4-8-21-11-16)23-17-10-14(3)22-19(20)24-17/h4-11,18H,1-3H3,(H3,20,22,23,24)/t18-/m0/s1. The van der Waals surface area contributed by atoms with E-state index in [2.05, 4.69) is 58.4 Å². The van der Waals surface area contributed by atoms with E-state index < -0.39 is 0 Å². The van der Waals surface area contributed by atoms with Crippen molar-refractivity contribution in [1.82, 2.24) is 15.0 Å². The zero-order chi connectivity index (χ0) is 17.1. The van der Waals surface area contributed by atoms with Crippen molar-refractivity contribution in [3.63, 3.8) is 0 Å². The van der Waals surface area contributed by atoms with Crippen LogP contribution < -0.4 is 11.1 Å². The summed E-state index contributed by atoms with van der Waals surface area (Å²) < 4.78 is 0. The highest BCUT2D eigenvalue weighted by Gasteiger charge is 2.16. The second-order valence-electron chi connectivity index (χ2n) is 5.96. The van der Waals surface area contributed by atoms with Crippen LogP contribution in [0, 0.1) is 20.8 Å². The van der Waals surface area contributed by atoms with Gasteiger partial charge in [0, 0.05) is 24.2 Å². The van der Waals surface area contributed by atoms with Gasteiger partial charge in [-0.05, 0) is 49.1 Å². The third kappa shape index (κ3) is 3.51. The van der Waals surface area contributed by atoms with Crippen LogP contribution in [0.4, 0.5) is 11.8 Å². The number of nitrogens with two attached hydrogens (primary N) is 1. The van der Waals surface area contributed by atoms with Crippen molar-refractivity contribution in [3.05, 3.63) is 76.7 Å². The molecule has 0 unspecified atom stereocenters. The number of nitrogens with one attached hydrogen (secondary N) is 1. The molecule has 0 aliphatic carbocycles. The van der Waals surface area contributed by atoms with Gasteiger partial charge in [-0.2, -0.15) is 4.98 Å². The highest BCUT2D eigenvalue weighted by atomic mass is 15.1. The minimum Gasteiger partial charge on any atom is -0.368 e. The molecule has 2 heterocycles. The number of aromatic nitrogens is 3. The molecule has 5 heteroatoms. The third-order valence-electron chi connectivity index (χ3n) is 4.05. The van der Waals surface area contributed by atoms with Crippen LogP contribution >= 0.6 is 0 Å². The molecule has 3 N–H and O–H groups in total. The molecule has 24 heavy (non-hydrogen) atoms. The molecule has 0 spiro atoms. The summed E-state index contributed by atoms with van der Waals surface area (Å²) in [4.78, 5) is 12.7. The van der Waals surface area contributed by atoms with Gasteiger partial charge in [-0.3, -0.25) is 4.98 Å². The molecule has 0 bridgehead atoms. The quantitative estimate of drug-likeness (QED) is 0.768. The Labute approximate surface area is 142 Å². The van der Waals surface area contributed by atoms with Crippen molar-refractivity contribution in [1.29, 1.82) is 0 Å². The maximum Gasteiger partial charge on any atom is 0.222 e. The van der Waals surface area contributed by atoms with Crippen molar-refractivity contribution in [2.45, 2.75) is 26.8 Å². The van der Waals surface area contributed by atoms with Crippen LogP contribution in [0.5, 0.6) is 0 Å². The Morgan fingerprint density at radius 1 is 0.958 bits per heavy atom. The number of hydrogen-bond acceptors (Lipinski definition) is 5. The van der Waals surface area contributed by atoms with Crippen LogP contribution in [-0.4, -0.2) is 15.0 Å². The zero-order valence-electron chi connectivity index (χ0n) is 14.1. The van der Waals surface area contributed by atoms with Gasteiger partial charge in [-0.25, -0.2) is 4.98 Å². The summed E-state index contributed by atoms with van der Waals surface area (Å²) in [6.45, 7) is 6.13. The summed E-state index contributed by atoms with van der Waals surface area (Å²) in [6.07, 6.45) is 3.64. The number of anilines is 2. The first kappa shape index (κ1) is 15.9. The minimum atomic E-state index is -0.0632. The van der Waals surface area contributed by atoms with Gasteiger partial charge in [0.2, 0.25) is 5.95 Å². The fraction of sp³-hybridized carbons (Fsp3) is 0.211. The van der Waals surface area contributed by atoms with Crippen molar-refractivity contribution in [3.8, 4) is 0 Å². The SMILES string of the molecule is Cc1cc(N[C@H](c2cccnc2)c2ccc(C)c(C)c2)nc(N)n1. The van der Waals surface area contributed by atoms with Crippen LogP contribution in [0.1, 0.15) is 34.0 Å². The van der Waals surface area contributed by atoms with Gasteiger partial charge in [-0.15, -0.1) is 0 Å². The number of benzene rings is 1. The van der Waals surface area contributed by atoms with Crippen LogP contribution in [0.25, 0.3) is 0 Å². The summed E-state index contributed by atoms with van der Waals surface area (Å²) in [5.74, 6) is 0.967. The Morgan fingerprint density at radius 3 is 2.46 bits per heavy atom. The van der Waals surface area contributed by atoms with Gasteiger partial charge < -0.3 is 11.1 Å². The van der Waals surface area contributed by atoms with E-state index in [9.17, 15) is 0 Å². The van der Waals surface area contributed by atoms with Gasteiger partial charge in [0.25, 0.3) is 0 Å². The molecule has 0 amide bonds. The molecular formula is C19H21N5. The molecule has 0 saturated heterocycles. The topological polar surface area (TPSA) is 76.7 Å². The molecule has 3 rings (SSSR count). The molecule has 0 aliphatic heterocycles. The van der Waals surface area contributed by atoms with Crippen molar-refractivity contribution >= 4 is 11.8 Å². The molecule has 0 saturated carbocycles. The molecule has 1 atom stereocenters. The van der Waals surface area contributed by atoms with E-state index in [0.717, 1.165) is 16.8 Å². The molecule has 5 nitrogen and oxygen atoms in total. The molecule has 0 aliphatic rings. The average Bonchev–Trinajstić information content (AvgIpc) is 2.55. The van der Waals surface area contributed by atoms with E-state index in [4.69, 9.17) is 5.73 Å². The first-order valence-corrected chi connectivity index (χ1v) is 7.87. The van der Waals surface area contributed by atoms with Gasteiger partial charge >= 0.3 is 0 Å². The Balaban J connectivity index is 2.03. The summed E-state index contributed by atoms with van der Waals surface area (Å²) in [7, 11) is 0. The van der Waals surface area contributed by atoms with Crippen LogP contribution in [0.15, 0.2) is 48.8 Å². The number of nitrogen functional groups attached to an aromatic ring is 1. The largest absolute Gasteiger partial charge is 0.368 e. The van der Waals surface area contributed by atoms with Gasteiger partial charge in [0.15, 0.2) is 0 Å². The Kier molecular flexibility index (Phi) is 4.42. The first-order chi connectivity index (χ1) is 11.5. The van der Waals surface area contributed by atoms with Crippen LogP contribution in [0.2, 0.25) is 0 Å². The van der Waals surface area contributed by atoms with E-state index in [-0.39, 0.29) is 12.0 Å². The number of nitrogens with zero attached hydrogens (tertiary/aromatic N) is 3. The first-order valence-electron chi connectivity index (χ1n) is 7.87. The number of rotatable bonds is 4. The molecule has 1 aromatic carbocycles. The lowest BCUT2D eigenvalue weighted by Gasteiger charge is -2.21. The average molecular weight is 319 g/mol. The Bertz CT molecular complexity index is 825. The van der Waals surface area contributed by atoms with Crippen molar-refractivity contribution in [2.75, 3.05) is 11.1 Å². The van der Waals surface area contributed by atoms with Crippen LogP contribution in [0.3, 0.4) is 0 Å². The number of hydrogen-bond donors (Lipinski definition) is 2. The second kappa shape index (κ2) is 6.66. The van der Waals surface area contributed by atoms with Gasteiger partial charge in [-0.1, -0.05) is 24.3 Å². The Hall–Kier alpha value is -2.95. The van der Waals surface area contributed by atoms with Gasteiger partial charge in [0.05, 0.1) is 6.04 Å². The molecule has 0 radical (unpaired) electrons. The normalized spacial score (nSPS) is 12.0. The predicted octanol–water partition coefficient (Wildman–Crippen LogP) is 3.58. The minimum absolute atomic E-state index is 0.0632. The van der Waals surface area contributed by atoms with E-state index >= 15 is 0 Å². The fourth-order valence-electron chi connectivity index (χ4n) is 2.66. The lowest BCUT2D eigenvalue weighted by molar-refractivity contribution is 0.908. The zero-order valence-corrected chi connectivity index (χ0v) is 14.1. The molecule has 3 aromatic rings. The summed E-state index contributed by atoms with van der Waals surface area (Å²) in [5.41, 5.74) is 11.4. The van der Waals surface area contributed by atoms with Crippen molar-refractivity contribution in [2.24, 2.45) is 0 Å². The van der Waals surface area contributed by atoms with E-state index in [1.54, 1.807) is 6.20 Å². The smallest absolute Gasteiger partial charge is 0.222 e. The van der Waals surface area contributed by atoms with E-state index in [1.807, 2.05) is 25.3 Å². The Morgan fingerprint density at radius 2 is 1.79 bits per heavy atom. The summed E-state index contributed by atoms with van der Waals surface area (Å²) in [5, 5.41) is 3.47. The second-order valence-corrected chi connectivity index (χ2v) is 5.96. The van der Waals surface area contributed by atoms with Gasteiger partial charge in [0.1, 0.15) is 5.82 Å². The molecular weight excluding hydrogens is 298 g/mol. The highest BCUT2D eigenvalue weighted by Crippen LogP contribution is 2.27. The maximum absolute atomic E-state index is 5.78. The highest BCUT2D eigenvalue weighted by molar-refractivity contribution is 5.47.